The van der Waals surface area contributed by atoms with Crippen molar-refractivity contribution in [3.63, 3.8) is 0 Å². The van der Waals surface area contributed by atoms with Gasteiger partial charge in [0.2, 0.25) is 0 Å². The summed E-state index contributed by atoms with van der Waals surface area (Å²) in [5, 5.41) is 3.18. The van der Waals surface area contributed by atoms with Crippen LogP contribution in [0.5, 0.6) is 11.5 Å². The van der Waals surface area contributed by atoms with Gasteiger partial charge in [-0.15, -0.1) is 0 Å². The van der Waals surface area contributed by atoms with Gasteiger partial charge in [0.1, 0.15) is 11.4 Å². The van der Waals surface area contributed by atoms with E-state index < -0.39 is 23.0 Å². The Morgan fingerprint density at radius 2 is 1.78 bits per heavy atom. The van der Waals surface area contributed by atoms with Gasteiger partial charge in [-0.25, -0.2) is 13.6 Å². The van der Waals surface area contributed by atoms with Crippen LogP contribution in [0.25, 0.3) is 0 Å². The Morgan fingerprint density at radius 3 is 2.41 bits per heavy atom. The summed E-state index contributed by atoms with van der Waals surface area (Å²) in [5.41, 5.74) is -0.0650. The van der Waals surface area contributed by atoms with E-state index in [4.69, 9.17) is 9.47 Å². The predicted molar refractivity (Wildman–Crippen MR) is 116 cm³/mol. The number of carbonyl (C=O) groups is 2. The van der Waals surface area contributed by atoms with Crippen LogP contribution in [-0.4, -0.2) is 48.1 Å². The summed E-state index contributed by atoms with van der Waals surface area (Å²) >= 11 is 0. The van der Waals surface area contributed by atoms with Crippen LogP contribution in [0.2, 0.25) is 0 Å². The summed E-state index contributed by atoms with van der Waals surface area (Å²) in [7, 11) is 0. The van der Waals surface area contributed by atoms with Crippen LogP contribution in [0.1, 0.15) is 44.0 Å². The molecule has 1 N–H and O–H groups in total. The molecule has 1 amide bonds. The van der Waals surface area contributed by atoms with Gasteiger partial charge in [0.15, 0.2) is 23.2 Å². The van der Waals surface area contributed by atoms with E-state index in [1.807, 2.05) is 20.8 Å². The van der Waals surface area contributed by atoms with E-state index in [1.165, 1.54) is 18.2 Å². The first-order valence-corrected chi connectivity index (χ1v) is 10.6. The maximum atomic E-state index is 13.7. The smallest absolute Gasteiger partial charge is 0.410 e. The van der Waals surface area contributed by atoms with Crippen molar-refractivity contribution in [1.29, 1.82) is 0 Å². The lowest BCUT2D eigenvalue weighted by molar-refractivity contribution is 0.0150. The van der Waals surface area contributed by atoms with Crippen molar-refractivity contribution in [1.82, 2.24) is 10.2 Å². The molecule has 8 heteroatoms. The Morgan fingerprint density at radius 1 is 1.12 bits per heavy atom. The van der Waals surface area contributed by atoms with Crippen LogP contribution >= 0.6 is 0 Å². The Balaban J connectivity index is 1.49. The Bertz CT molecular complexity index is 943. The summed E-state index contributed by atoms with van der Waals surface area (Å²) in [5.74, 6) is -2.01. The van der Waals surface area contributed by atoms with Gasteiger partial charge in [0.25, 0.3) is 0 Å². The van der Waals surface area contributed by atoms with Crippen molar-refractivity contribution < 1.29 is 27.8 Å². The number of hydrogen-bond donors (Lipinski definition) is 1. The van der Waals surface area contributed by atoms with Crippen molar-refractivity contribution in [3.8, 4) is 11.5 Å². The second kappa shape index (κ2) is 10.1. The van der Waals surface area contributed by atoms with Crippen molar-refractivity contribution in [2.75, 3.05) is 19.6 Å². The molecule has 0 aliphatic carbocycles. The number of hydrogen-bond acceptors (Lipinski definition) is 5. The number of halogens is 2. The first-order valence-electron chi connectivity index (χ1n) is 10.6. The van der Waals surface area contributed by atoms with Crippen molar-refractivity contribution in [3.05, 3.63) is 59.7 Å². The number of benzene rings is 2. The second-order valence-electron chi connectivity index (χ2n) is 8.39. The summed E-state index contributed by atoms with van der Waals surface area (Å²) in [6, 6.07) is 9.54. The molecule has 0 unspecified atom stereocenters. The van der Waals surface area contributed by atoms with Crippen molar-refractivity contribution in [2.45, 2.75) is 45.3 Å². The monoisotopic (exact) mass is 446 g/mol. The molecule has 1 fully saturated rings. The van der Waals surface area contributed by atoms with Gasteiger partial charge in [0, 0.05) is 24.7 Å². The summed E-state index contributed by atoms with van der Waals surface area (Å²) in [6.45, 7) is 6.87. The van der Waals surface area contributed by atoms with E-state index in [1.54, 1.807) is 17.0 Å². The Hall–Kier alpha value is -3.00. The second-order valence-corrected chi connectivity index (χ2v) is 8.39. The number of ether oxygens (including phenoxy) is 2. The highest BCUT2D eigenvalue weighted by Crippen LogP contribution is 2.27. The molecular weight excluding hydrogens is 418 g/mol. The number of likely N-dealkylation sites (tertiary alicyclic amines) is 1. The number of para-hydroxylation sites is 1. The number of amides is 1. The van der Waals surface area contributed by atoms with E-state index in [2.05, 4.69) is 5.32 Å². The van der Waals surface area contributed by atoms with Gasteiger partial charge in [-0.05, 0) is 63.1 Å². The largest absolute Gasteiger partial charge is 0.451 e. The fourth-order valence-electron chi connectivity index (χ4n) is 3.21. The average molecular weight is 446 g/mol. The molecule has 1 saturated heterocycles. The van der Waals surface area contributed by atoms with Gasteiger partial charge in [0.05, 0.1) is 6.54 Å². The Kier molecular flexibility index (Phi) is 7.45. The van der Waals surface area contributed by atoms with Crippen LogP contribution in [0.15, 0.2) is 42.5 Å². The van der Waals surface area contributed by atoms with E-state index in [9.17, 15) is 18.4 Å². The molecule has 0 bridgehead atoms. The first-order chi connectivity index (χ1) is 15.2. The molecule has 172 valence electrons. The number of ketones is 1. The highest BCUT2D eigenvalue weighted by molar-refractivity contribution is 5.97. The molecule has 0 spiro atoms. The Labute approximate surface area is 186 Å². The third kappa shape index (κ3) is 6.03. The maximum Gasteiger partial charge on any atom is 0.410 e. The van der Waals surface area contributed by atoms with E-state index in [-0.39, 0.29) is 30.2 Å². The van der Waals surface area contributed by atoms with Gasteiger partial charge in [-0.3, -0.25) is 4.79 Å². The lowest BCUT2D eigenvalue weighted by Gasteiger charge is -2.27. The van der Waals surface area contributed by atoms with Crippen LogP contribution in [0.3, 0.4) is 0 Å². The van der Waals surface area contributed by atoms with Gasteiger partial charge < -0.3 is 19.7 Å². The minimum absolute atomic E-state index is 0.00266. The van der Waals surface area contributed by atoms with Gasteiger partial charge >= 0.3 is 6.09 Å². The zero-order chi connectivity index (χ0) is 23.3. The third-order valence-electron chi connectivity index (χ3n) is 5.53. The molecule has 1 atom stereocenters. The molecule has 3 rings (SSSR count). The minimum Gasteiger partial charge on any atom is -0.451 e. The molecular formula is C24H28F2N2O4. The molecule has 1 aliphatic heterocycles. The molecule has 1 aliphatic rings. The molecule has 6 nitrogen and oxygen atoms in total. The highest BCUT2D eigenvalue weighted by Gasteiger charge is 2.30. The van der Waals surface area contributed by atoms with Gasteiger partial charge in [-0.1, -0.05) is 13.0 Å². The molecule has 0 aromatic heterocycles. The van der Waals surface area contributed by atoms with Crippen LogP contribution in [0, 0.1) is 11.6 Å². The third-order valence-corrected chi connectivity index (χ3v) is 5.53. The fourth-order valence-corrected chi connectivity index (χ4v) is 3.21. The average Bonchev–Trinajstić information content (AvgIpc) is 3.24. The van der Waals surface area contributed by atoms with Gasteiger partial charge in [-0.2, -0.15) is 0 Å². The lowest BCUT2D eigenvalue weighted by atomic mass is 10.1. The fraction of sp³-hybridized carbons (Fsp3) is 0.417. The first kappa shape index (κ1) is 23.7. The molecule has 0 saturated carbocycles. The summed E-state index contributed by atoms with van der Waals surface area (Å²) < 4.78 is 38.2. The SMILES string of the molecule is CCC(C)(C)OC(=O)N1CC[C@@H](NCC(=O)c2ccc(Oc3c(F)cccc3F)cc2)C1. The summed E-state index contributed by atoms with van der Waals surface area (Å²) in [6.07, 6.45) is 1.12. The van der Waals surface area contributed by atoms with E-state index in [0.29, 0.717) is 18.7 Å². The molecule has 32 heavy (non-hydrogen) atoms. The topological polar surface area (TPSA) is 67.9 Å². The normalized spacial score (nSPS) is 16.2. The molecule has 1 heterocycles. The van der Waals surface area contributed by atoms with Crippen LogP contribution < -0.4 is 10.1 Å². The van der Waals surface area contributed by atoms with Crippen LogP contribution in [0.4, 0.5) is 13.6 Å². The lowest BCUT2D eigenvalue weighted by Crippen LogP contribution is -2.40. The number of rotatable bonds is 8. The zero-order valence-corrected chi connectivity index (χ0v) is 18.5. The maximum absolute atomic E-state index is 13.7. The standard InChI is InChI=1S/C24H28F2N2O4/c1-4-24(2,3)32-23(30)28-13-12-17(15-28)27-14-21(29)16-8-10-18(11-9-16)31-22-19(25)6-5-7-20(22)26/h5-11,17,27H,4,12-15H2,1-3H3/t17-/m1/s1. The quantitative estimate of drug-likeness (QED) is 0.583. The highest BCUT2D eigenvalue weighted by atomic mass is 19.1. The molecule has 0 radical (unpaired) electrons. The molecule has 2 aromatic rings. The van der Waals surface area contributed by atoms with Crippen molar-refractivity contribution in [2.24, 2.45) is 0 Å². The zero-order valence-electron chi connectivity index (χ0n) is 18.5. The number of carbonyl (C=O) groups excluding carboxylic acids is 2. The summed E-state index contributed by atoms with van der Waals surface area (Å²) in [4.78, 5) is 26.4. The minimum atomic E-state index is -0.804. The van der Waals surface area contributed by atoms with Crippen LogP contribution in [-0.2, 0) is 4.74 Å². The number of nitrogens with zero attached hydrogens (tertiary/aromatic N) is 1. The number of Topliss-reactive ketones (excluding diaryl/α,β-unsaturated/α-hetero) is 1. The predicted octanol–water partition coefficient (Wildman–Crippen LogP) is 4.93. The van der Waals surface area contributed by atoms with E-state index in [0.717, 1.165) is 25.0 Å². The molecule has 2 aromatic carbocycles. The van der Waals surface area contributed by atoms with E-state index >= 15 is 0 Å². The van der Waals surface area contributed by atoms with Crippen molar-refractivity contribution >= 4 is 11.9 Å². The number of nitrogens with one attached hydrogen (secondary N) is 1.